The van der Waals surface area contributed by atoms with Crippen LogP contribution in [-0.2, 0) is 10.0 Å². The maximum absolute atomic E-state index is 12.0. The Morgan fingerprint density at radius 1 is 1.38 bits per heavy atom. The summed E-state index contributed by atoms with van der Waals surface area (Å²) in [5.74, 6) is 0. The molecule has 90 valence electrons. The standard InChI is InChI=1S/C11H18N2O2S/c1-8-4-5-9(2)11(6-8)16(14,15)13-10(3)7-12/h4-6,10,13H,7,12H2,1-3H3/t10-/m0/s1. The first-order valence-electron chi connectivity index (χ1n) is 5.16. The smallest absolute Gasteiger partial charge is 0.241 e. The van der Waals surface area contributed by atoms with Gasteiger partial charge in [-0.15, -0.1) is 0 Å². The van der Waals surface area contributed by atoms with Crippen LogP contribution in [0.2, 0.25) is 0 Å². The highest BCUT2D eigenvalue weighted by molar-refractivity contribution is 7.89. The monoisotopic (exact) mass is 242 g/mol. The van der Waals surface area contributed by atoms with Crippen LogP contribution in [0.3, 0.4) is 0 Å². The molecule has 0 spiro atoms. The van der Waals surface area contributed by atoms with Crippen molar-refractivity contribution in [3.8, 4) is 0 Å². The Kier molecular flexibility index (Phi) is 4.07. The van der Waals surface area contributed by atoms with Gasteiger partial charge in [-0.05, 0) is 38.0 Å². The average Bonchev–Trinajstić information content (AvgIpc) is 2.20. The van der Waals surface area contributed by atoms with Crippen molar-refractivity contribution in [2.24, 2.45) is 5.73 Å². The third-order valence-corrected chi connectivity index (χ3v) is 4.07. The lowest BCUT2D eigenvalue weighted by molar-refractivity contribution is 0.562. The van der Waals surface area contributed by atoms with Crippen LogP contribution in [-0.4, -0.2) is 21.0 Å². The highest BCUT2D eigenvalue weighted by atomic mass is 32.2. The van der Waals surface area contributed by atoms with Crippen molar-refractivity contribution in [3.63, 3.8) is 0 Å². The van der Waals surface area contributed by atoms with E-state index in [1.165, 1.54) is 0 Å². The van der Waals surface area contributed by atoms with Crippen LogP contribution in [0, 0.1) is 13.8 Å². The minimum absolute atomic E-state index is 0.259. The summed E-state index contributed by atoms with van der Waals surface area (Å²) in [7, 11) is -3.45. The molecule has 3 N–H and O–H groups in total. The van der Waals surface area contributed by atoms with Crippen LogP contribution in [0.4, 0.5) is 0 Å². The van der Waals surface area contributed by atoms with Gasteiger partial charge in [-0.2, -0.15) is 0 Å². The van der Waals surface area contributed by atoms with Crippen molar-refractivity contribution >= 4 is 10.0 Å². The van der Waals surface area contributed by atoms with Gasteiger partial charge in [0.2, 0.25) is 10.0 Å². The molecule has 16 heavy (non-hydrogen) atoms. The van der Waals surface area contributed by atoms with Gasteiger partial charge in [-0.25, -0.2) is 13.1 Å². The minimum Gasteiger partial charge on any atom is -0.329 e. The van der Waals surface area contributed by atoms with Crippen molar-refractivity contribution in [2.45, 2.75) is 31.7 Å². The van der Waals surface area contributed by atoms with Gasteiger partial charge in [0.1, 0.15) is 0 Å². The molecule has 0 aliphatic heterocycles. The highest BCUT2D eigenvalue weighted by Gasteiger charge is 2.18. The number of hydrogen-bond donors (Lipinski definition) is 2. The summed E-state index contributed by atoms with van der Waals surface area (Å²) in [5, 5.41) is 0. The first-order chi connectivity index (χ1) is 7.36. The molecular formula is C11H18N2O2S. The number of nitrogens with one attached hydrogen (secondary N) is 1. The lowest BCUT2D eigenvalue weighted by Crippen LogP contribution is -2.38. The minimum atomic E-state index is -3.45. The molecule has 0 amide bonds. The largest absolute Gasteiger partial charge is 0.329 e. The fourth-order valence-corrected chi connectivity index (χ4v) is 2.96. The van der Waals surface area contributed by atoms with Crippen LogP contribution >= 0.6 is 0 Å². The molecule has 1 aromatic rings. The van der Waals surface area contributed by atoms with Gasteiger partial charge in [0.25, 0.3) is 0 Å². The summed E-state index contributed by atoms with van der Waals surface area (Å²) in [4.78, 5) is 0.327. The molecular weight excluding hydrogens is 224 g/mol. The molecule has 0 bridgehead atoms. The molecule has 1 aromatic carbocycles. The molecule has 0 aliphatic carbocycles. The molecule has 0 unspecified atom stereocenters. The molecule has 1 rings (SSSR count). The Balaban J connectivity index is 3.12. The first-order valence-corrected chi connectivity index (χ1v) is 6.65. The van der Waals surface area contributed by atoms with E-state index in [0.717, 1.165) is 11.1 Å². The summed E-state index contributed by atoms with van der Waals surface area (Å²) in [6, 6.07) is 5.10. The van der Waals surface area contributed by atoms with Crippen LogP contribution in [0.25, 0.3) is 0 Å². The number of benzene rings is 1. The predicted molar refractivity (Wildman–Crippen MR) is 64.8 cm³/mol. The van der Waals surface area contributed by atoms with Gasteiger partial charge in [0.15, 0.2) is 0 Å². The Morgan fingerprint density at radius 2 is 2.00 bits per heavy atom. The lowest BCUT2D eigenvalue weighted by Gasteiger charge is -2.14. The molecule has 0 heterocycles. The molecule has 0 radical (unpaired) electrons. The van der Waals surface area contributed by atoms with E-state index in [1.54, 1.807) is 26.0 Å². The molecule has 0 aromatic heterocycles. The molecule has 1 atom stereocenters. The molecule has 0 saturated carbocycles. The third kappa shape index (κ3) is 3.04. The highest BCUT2D eigenvalue weighted by Crippen LogP contribution is 2.16. The molecule has 5 heteroatoms. The Bertz CT molecular complexity index is 469. The van der Waals surface area contributed by atoms with Crippen LogP contribution in [0.1, 0.15) is 18.1 Å². The van der Waals surface area contributed by atoms with Crippen LogP contribution < -0.4 is 10.5 Å². The average molecular weight is 242 g/mol. The second-order valence-electron chi connectivity index (χ2n) is 4.03. The zero-order valence-corrected chi connectivity index (χ0v) is 10.6. The van der Waals surface area contributed by atoms with Gasteiger partial charge in [0, 0.05) is 12.6 Å². The zero-order valence-electron chi connectivity index (χ0n) is 9.82. The van der Waals surface area contributed by atoms with E-state index in [0.29, 0.717) is 4.90 Å². The van der Waals surface area contributed by atoms with E-state index in [1.807, 2.05) is 13.0 Å². The number of rotatable bonds is 4. The summed E-state index contributed by atoms with van der Waals surface area (Å²) in [6.07, 6.45) is 0. The van der Waals surface area contributed by atoms with Gasteiger partial charge >= 0.3 is 0 Å². The van der Waals surface area contributed by atoms with E-state index >= 15 is 0 Å². The SMILES string of the molecule is Cc1ccc(C)c(S(=O)(=O)N[C@@H](C)CN)c1. The number of sulfonamides is 1. The Hall–Kier alpha value is -0.910. The van der Waals surface area contributed by atoms with Crippen molar-refractivity contribution in [1.29, 1.82) is 0 Å². The maximum atomic E-state index is 12.0. The lowest BCUT2D eigenvalue weighted by atomic mass is 10.2. The fraction of sp³-hybridized carbons (Fsp3) is 0.455. The van der Waals surface area contributed by atoms with Crippen molar-refractivity contribution in [1.82, 2.24) is 4.72 Å². The van der Waals surface area contributed by atoms with Gasteiger partial charge < -0.3 is 5.73 Å². The first kappa shape index (κ1) is 13.2. The fourth-order valence-electron chi connectivity index (χ4n) is 1.37. The van der Waals surface area contributed by atoms with Gasteiger partial charge in [-0.1, -0.05) is 12.1 Å². The Morgan fingerprint density at radius 3 is 2.56 bits per heavy atom. The van der Waals surface area contributed by atoms with E-state index < -0.39 is 10.0 Å². The summed E-state index contributed by atoms with van der Waals surface area (Å²) in [6.45, 7) is 5.67. The Labute approximate surface area is 96.9 Å². The molecule has 4 nitrogen and oxygen atoms in total. The maximum Gasteiger partial charge on any atom is 0.241 e. The second-order valence-corrected chi connectivity index (χ2v) is 5.71. The van der Waals surface area contributed by atoms with E-state index in [4.69, 9.17) is 5.73 Å². The predicted octanol–water partition coefficient (Wildman–Crippen LogP) is 0.929. The van der Waals surface area contributed by atoms with Crippen molar-refractivity contribution in [2.75, 3.05) is 6.54 Å². The number of aryl methyl sites for hydroxylation is 2. The van der Waals surface area contributed by atoms with Crippen LogP contribution in [0.15, 0.2) is 23.1 Å². The topological polar surface area (TPSA) is 72.2 Å². The summed E-state index contributed by atoms with van der Waals surface area (Å²) in [5.41, 5.74) is 7.06. The van der Waals surface area contributed by atoms with E-state index in [2.05, 4.69) is 4.72 Å². The molecule has 0 fully saturated rings. The normalized spacial score (nSPS) is 13.8. The third-order valence-electron chi connectivity index (χ3n) is 2.34. The number of nitrogens with two attached hydrogens (primary N) is 1. The quantitative estimate of drug-likeness (QED) is 0.825. The van der Waals surface area contributed by atoms with E-state index in [-0.39, 0.29) is 12.6 Å². The zero-order chi connectivity index (χ0) is 12.3. The van der Waals surface area contributed by atoms with Crippen molar-refractivity contribution in [3.05, 3.63) is 29.3 Å². The second kappa shape index (κ2) is 4.95. The van der Waals surface area contributed by atoms with E-state index in [9.17, 15) is 8.42 Å². The van der Waals surface area contributed by atoms with Gasteiger partial charge in [0.05, 0.1) is 4.90 Å². The summed E-state index contributed by atoms with van der Waals surface area (Å²) >= 11 is 0. The molecule has 0 saturated heterocycles. The summed E-state index contributed by atoms with van der Waals surface area (Å²) < 4.78 is 26.6. The van der Waals surface area contributed by atoms with Crippen molar-refractivity contribution < 1.29 is 8.42 Å². The molecule has 0 aliphatic rings. The van der Waals surface area contributed by atoms with Crippen LogP contribution in [0.5, 0.6) is 0 Å². The number of hydrogen-bond acceptors (Lipinski definition) is 3. The van der Waals surface area contributed by atoms with Gasteiger partial charge in [-0.3, -0.25) is 0 Å².